The Morgan fingerprint density at radius 1 is 1.20 bits per heavy atom. The van der Waals surface area contributed by atoms with Crippen molar-refractivity contribution in [2.45, 2.75) is 6.42 Å². The highest BCUT2D eigenvalue weighted by atomic mass is 16.5. The van der Waals surface area contributed by atoms with Crippen LogP contribution in [-0.2, 0) is 4.74 Å². The molecule has 3 heterocycles. The molecule has 0 spiro atoms. The van der Waals surface area contributed by atoms with Gasteiger partial charge in [-0.15, -0.1) is 0 Å². The van der Waals surface area contributed by atoms with Crippen molar-refractivity contribution < 1.29 is 9.53 Å². The van der Waals surface area contributed by atoms with E-state index in [-0.39, 0.29) is 17.3 Å². The Morgan fingerprint density at radius 3 is 2.70 bits per heavy atom. The second-order valence-corrected chi connectivity index (χ2v) is 6.56. The molecule has 0 bridgehead atoms. The van der Waals surface area contributed by atoms with Crippen molar-refractivity contribution >= 4 is 40.1 Å². The van der Waals surface area contributed by atoms with Crippen LogP contribution in [0.4, 0.5) is 5.82 Å². The lowest BCUT2D eigenvalue weighted by molar-refractivity contribution is 0.0951. The summed E-state index contributed by atoms with van der Waals surface area (Å²) < 4.78 is 6.45. The molecule has 0 saturated heterocycles. The zero-order valence-corrected chi connectivity index (χ0v) is 16.4. The van der Waals surface area contributed by atoms with E-state index in [9.17, 15) is 4.79 Å². The van der Waals surface area contributed by atoms with Crippen LogP contribution in [0.1, 0.15) is 22.5 Å². The average Bonchev–Trinajstić information content (AvgIpc) is 3.04. The van der Waals surface area contributed by atoms with Gasteiger partial charge in [0.05, 0.1) is 22.9 Å². The van der Waals surface area contributed by atoms with Crippen LogP contribution in [0.15, 0.2) is 53.8 Å². The van der Waals surface area contributed by atoms with E-state index in [2.05, 4.69) is 25.4 Å². The summed E-state index contributed by atoms with van der Waals surface area (Å²) in [6, 6.07) is 12.9. The van der Waals surface area contributed by atoms with Gasteiger partial charge >= 0.3 is 0 Å². The van der Waals surface area contributed by atoms with Crippen molar-refractivity contribution in [2.75, 3.05) is 26.0 Å². The molecule has 1 aromatic carbocycles. The third-order valence-electron chi connectivity index (χ3n) is 4.51. The topological polar surface area (TPSA) is 120 Å². The van der Waals surface area contributed by atoms with Crippen LogP contribution in [0.2, 0.25) is 0 Å². The summed E-state index contributed by atoms with van der Waals surface area (Å²) in [7, 11) is 1.62. The molecular formula is C21H21N7O2. The number of carbonyl (C=O) groups excluding carboxylic acids is 1. The number of anilines is 1. The summed E-state index contributed by atoms with van der Waals surface area (Å²) in [5, 5.41) is 7.28. The first-order valence-electron chi connectivity index (χ1n) is 9.48. The summed E-state index contributed by atoms with van der Waals surface area (Å²) in [5.41, 5.74) is 9.39. The van der Waals surface area contributed by atoms with Gasteiger partial charge in [0.2, 0.25) is 0 Å². The zero-order valence-electron chi connectivity index (χ0n) is 16.4. The molecular weight excluding hydrogens is 382 g/mol. The predicted molar refractivity (Wildman–Crippen MR) is 116 cm³/mol. The molecule has 9 heteroatoms. The van der Waals surface area contributed by atoms with Crippen LogP contribution >= 0.6 is 0 Å². The van der Waals surface area contributed by atoms with E-state index in [0.29, 0.717) is 47.5 Å². The molecule has 152 valence electrons. The van der Waals surface area contributed by atoms with Gasteiger partial charge in [-0.05, 0) is 30.7 Å². The number of nitrogen functional groups attached to an aromatic ring is 1. The minimum absolute atomic E-state index is 0.164. The van der Waals surface area contributed by atoms with Gasteiger partial charge in [0.15, 0.2) is 5.65 Å². The molecule has 3 aromatic heterocycles. The maximum atomic E-state index is 12.9. The van der Waals surface area contributed by atoms with Crippen molar-refractivity contribution in [3.05, 3.63) is 59.9 Å². The standard InChI is InChI=1S/C21H21N7O2/c1-30-12-6-11-24-21(29)17-18-20(27-16-9-3-2-8-15(16)26-18)28(19(17)22)25-13-14-7-4-5-10-23-14/h2-5,7-10,13H,6,11-12,22H2,1H3,(H,24,29)/b25-13-. The third-order valence-corrected chi connectivity index (χ3v) is 4.51. The van der Waals surface area contributed by atoms with Gasteiger partial charge in [-0.1, -0.05) is 18.2 Å². The molecule has 4 aromatic rings. The molecule has 0 aliphatic rings. The number of ether oxygens (including phenoxy) is 1. The molecule has 0 aliphatic carbocycles. The van der Waals surface area contributed by atoms with Gasteiger partial charge in [-0.2, -0.15) is 9.78 Å². The van der Waals surface area contributed by atoms with E-state index in [1.54, 1.807) is 19.5 Å². The second-order valence-electron chi connectivity index (χ2n) is 6.56. The maximum Gasteiger partial charge on any atom is 0.257 e. The van der Waals surface area contributed by atoms with Crippen LogP contribution in [0, 0.1) is 0 Å². The number of para-hydroxylation sites is 2. The highest BCUT2D eigenvalue weighted by molar-refractivity contribution is 6.10. The largest absolute Gasteiger partial charge is 0.385 e. The van der Waals surface area contributed by atoms with E-state index in [0.717, 1.165) is 0 Å². The first kappa shape index (κ1) is 19.5. The van der Waals surface area contributed by atoms with Crippen molar-refractivity contribution in [3.8, 4) is 0 Å². The molecule has 4 rings (SSSR count). The highest BCUT2D eigenvalue weighted by Gasteiger charge is 2.23. The zero-order chi connectivity index (χ0) is 20.9. The van der Waals surface area contributed by atoms with Crippen LogP contribution in [0.3, 0.4) is 0 Å². The molecule has 3 N–H and O–H groups in total. The number of benzene rings is 1. The molecule has 0 fully saturated rings. The number of amides is 1. The first-order valence-corrected chi connectivity index (χ1v) is 9.48. The number of nitrogens with one attached hydrogen (secondary N) is 1. The van der Waals surface area contributed by atoms with E-state index in [4.69, 9.17) is 10.5 Å². The lowest BCUT2D eigenvalue weighted by Gasteiger charge is -2.05. The predicted octanol–water partition coefficient (Wildman–Crippen LogP) is 2.21. The number of pyridine rings is 1. The van der Waals surface area contributed by atoms with Crippen LogP contribution in [0.5, 0.6) is 0 Å². The fourth-order valence-corrected chi connectivity index (χ4v) is 3.06. The second kappa shape index (κ2) is 8.66. The third kappa shape index (κ3) is 3.83. The number of nitrogens with zero attached hydrogens (tertiary/aromatic N) is 5. The van der Waals surface area contributed by atoms with Crippen molar-refractivity contribution in [3.63, 3.8) is 0 Å². The number of hydrogen-bond donors (Lipinski definition) is 2. The van der Waals surface area contributed by atoms with E-state index < -0.39 is 0 Å². The molecule has 0 atom stereocenters. The Kier molecular flexibility index (Phi) is 5.62. The van der Waals surface area contributed by atoms with Gasteiger partial charge in [0.1, 0.15) is 16.9 Å². The number of aromatic nitrogens is 4. The molecule has 30 heavy (non-hydrogen) atoms. The molecule has 0 unspecified atom stereocenters. The lowest BCUT2D eigenvalue weighted by Crippen LogP contribution is -2.26. The summed E-state index contributed by atoms with van der Waals surface area (Å²) in [5.74, 6) is -0.165. The number of rotatable bonds is 7. The summed E-state index contributed by atoms with van der Waals surface area (Å²) in [6.45, 7) is 1.01. The molecule has 1 amide bonds. The Balaban J connectivity index is 1.81. The van der Waals surface area contributed by atoms with Gasteiger partial charge in [-0.25, -0.2) is 9.97 Å². The van der Waals surface area contributed by atoms with Crippen molar-refractivity contribution in [1.29, 1.82) is 0 Å². The SMILES string of the molecule is COCCCNC(=O)c1c(N)n(/N=C\c2ccccn2)c2nc3ccccc3nc12. The number of carbonyl (C=O) groups is 1. The summed E-state index contributed by atoms with van der Waals surface area (Å²) in [6.07, 6.45) is 3.92. The van der Waals surface area contributed by atoms with Crippen molar-refractivity contribution in [2.24, 2.45) is 5.10 Å². The van der Waals surface area contributed by atoms with Gasteiger partial charge in [-0.3, -0.25) is 9.78 Å². The van der Waals surface area contributed by atoms with Crippen LogP contribution in [0.25, 0.3) is 22.2 Å². The minimum atomic E-state index is -0.329. The molecule has 0 radical (unpaired) electrons. The molecule has 0 saturated carbocycles. The van der Waals surface area contributed by atoms with Gasteiger partial charge in [0, 0.05) is 26.5 Å². The fraction of sp³-hybridized carbons (Fsp3) is 0.190. The minimum Gasteiger partial charge on any atom is -0.385 e. The van der Waals surface area contributed by atoms with Crippen LogP contribution < -0.4 is 11.1 Å². The summed E-state index contributed by atoms with van der Waals surface area (Å²) >= 11 is 0. The van der Waals surface area contributed by atoms with E-state index >= 15 is 0 Å². The monoisotopic (exact) mass is 403 g/mol. The fourth-order valence-electron chi connectivity index (χ4n) is 3.06. The Hall–Kier alpha value is -3.85. The average molecular weight is 403 g/mol. The maximum absolute atomic E-state index is 12.9. The van der Waals surface area contributed by atoms with E-state index in [1.807, 2.05) is 42.5 Å². The van der Waals surface area contributed by atoms with Gasteiger partial charge in [0.25, 0.3) is 5.91 Å². The van der Waals surface area contributed by atoms with Crippen molar-refractivity contribution in [1.82, 2.24) is 24.9 Å². The first-order chi connectivity index (χ1) is 14.7. The van der Waals surface area contributed by atoms with Gasteiger partial charge < -0.3 is 15.8 Å². The quantitative estimate of drug-likeness (QED) is 0.361. The molecule has 0 aliphatic heterocycles. The Labute approximate surface area is 172 Å². The number of fused-ring (bicyclic) bond motifs is 2. The number of nitrogens with two attached hydrogens (primary N) is 1. The number of hydrogen-bond acceptors (Lipinski definition) is 7. The highest BCUT2D eigenvalue weighted by Crippen LogP contribution is 2.27. The Morgan fingerprint density at radius 2 is 1.97 bits per heavy atom. The normalized spacial score (nSPS) is 11.5. The van der Waals surface area contributed by atoms with E-state index in [1.165, 1.54) is 4.68 Å². The Bertz CT molecular complexity index is 1220. The number of methoxy groups -OCH3 is 1. The molecule has 9 nitrogen and oxygen atoms in total. The lowest BCUT2D eigenvalue weighted by atomic mass is 10.2. The smallest absolute Gasteiger partial charge is 0.257 e. The summed E-state index contributed by atoms with van der Waals surface area (Å²) in [4.78, 5) is 26.4. The van der Waals surface area contributed by atoms with Crippen LogP contribution in [-0.4, -0.2) is 52.0 Å².